The molecule has 0 radical (unpaired) electrons. The number of rotatable bonds is 4. The highest BCUT2D eigenvalue weighted by Gasteiger charge is 2.27. The molecule has 0 spiro atoms. The van der Waals surface area contributed by atoms with Crippen LogP contribution in [-0.2, 0) is 5.41 Å². The molecule has 4 nitrogen and oxygen atoms in total. The Bertz CT molecular complexity index is 912. The van der Waals surface area contributed by atoms with E-state index in [1.165, 1.54) is 0 Å². The molecular formula is C20H24N2O2S. The van der Waals surface area contributed by atoms with Crippen LogP contribution in [0.15, 0.2) is 24.3 Å². The number of carbonyl (C=O) groups excluding carboxylic acids is 1. The van der Waals surface area contributed by atoms with Crippen molar-refractivity contribution in [2.75, 3.05) is 0 Å². The van der Waals surface area contributed by atoms with Crippen LogP contribution in [-0.4, -0.2) is 21.8 Å². The second kappa shape index (κ2) is 6.30. The summed E-state index contributed by atoms with van der Waals surface area (Å²) in [5, 5.41) is 0. The molecule has 1 aromatic carbocycles. The molecule has 132 valence electrons. The molecule has 2 heterocycles. The largest absolute Gasteiger partial charge is 0.491 e. The third-order valence-electron chi connectivity index (χ3n) is 4.01. The zero-order valence-electron chi connectivity index (χ0n) is 15.6. The van der Waals surface area contributed by atoms with E-state index in [1.54, 1.807) is 11.3 Å². The molecule has 3 aromatic rings. The van der Waals surface area contributed by atoms with Crippen LogP contribution in [0.1, 0.15) is 55.7 Å². The lowest BCUT2D eigenvalue weighted by Gasteiger charge is -2.16. The van der Waals surface area contributed by atoms with Crippen LogP contribution >= 0.6 is 11.3 Å². The maximum absolute atomic E-state index is 11.8. The summed E-state index contributed by atoms with van der Waals surface area (Å²) < 4.78 is 7.72. The van der Waals surface area contributed by atoms with E-state index >= 15 is 0 Å². The van der Waals surface area contributed by atoms with Gasteiger partial charge in [0.2, 0.25) is 0 Å². The van der Waals surface area contributed by atoms with Crippen molar-refractivity contribution in [3.63, 3.8) is 0 Å². The molecule has 0 unspecified atom stereocenters. The first-order valence-electron chi connectivity index (χ1n) is 8.47. The van der Waals surface area contributed by atoms with Gasteiger partial charge in [-0.15, -0.1) is 11.3 Å². The zero-order chi connectivity index (χ0) is 18.4. The predicted molar refractivity (Wildman–Crippen MR) is 103 cm³/mol. The van der Waals surface area contributed by atoms with Crippen LogP contribution in [0.4, 0.5) is 0 Å². The highest BCUT2D eigenvalue weighted by atomic mass is 32.1. The first-order valence-corrected chi connectivity index (χ1v) is 9.28. The first-order chi connectivity index (χ1) is 11.7. The third kappa shape index (κ3) is 3.21. The Hall–Kier alpha value is -2.14. The van der Waals surface area contributed by atoms with E-state index in [2.05, 4.69) is 27.7 Å². The molecule has 0 saturated heterocycles. The highest BCUT2D eigenvalue weighted by Crippen LogP contribution is 2.36. The summed E-state index contributed by atoms with van der Waals surface area (Å²) in [7, 11) is 0. The number of nitrogens with zero attached hydrogens (tertiary/aromatic N) is 2. The molecule has 0 fully saturated rings. The van der Waals surface area contributed by atoms with Gasteiger partial charge in [-0.1, -0.05) is 20.8 Å². The number of ether oxygens (including phenoxy) is 1. The lowest BCUT2D eigenvalue weighted by Crippen LogP contribution is -2.15. The molecule has 0 N–H and O–H groups in total. The van der Waals surface area contributed by atoms with E-state index in [9.17, 15) is 4.79 Å². The molecule has 0 saturated carbocycles. The summed E-state index contributed by atoms with van der Waals surface area (Å²) in [5.74, 6) is 0.847. The molecule has 0 aliphatic rings. The summed E-state index contributed by atoms with van der Waals surface area (Å²) in [6.07, 6.45) is 1.07. The number of benzene rings is 1. The van der Waals surface area contributed by atoms with Gasteiger partial charge in [0.05, 0.1) is 17.5 Å². The van der Waals surface area contributed by atoms with E-state index in [0.717, 1.165) is 38.8 Å². The molecule has 0 aliphatic heterocycles. The zero-order valence-corrected chi connectivity index (χ0v) is 16.4. The number of carbonyl (C=O) groups is 1. The van der Waals surface area contributed by atoms with Crippen LogP contribution in [0.5, 0.6) is 5.75 Å². The second-order valence-electron chi connectivity index (χ2n) is 7.53. The average molecular weight is 356 g/mol. The molecule has 5 heteroatoms. The summed E-state index contributed by atoms with van der Waals surface area (Å²) in [6, 6.07) is 8.02. The van der Waals surface area contributed by atoms with E-state index < -0.39 is 0 Å². The van der Waals surface area contributed by atoms with Gasteiger partial charge < -0.3 is 4.74 Å². The van der Waals surface area contributed by atoms with Crippen molar-refractivity contribution in [2.45, 2.75) is 53.1 Å². The van der Waals surface area contributed by atoms with Gasteiger partial charge in [0.1, 0.15) is 11.4 Å². The van der Waals surface area contributed by atoms with Gasteiger partial charge >= 0.3 is 0 Å². The average Bonchev–Trinajstić information content (AvgIpc) is 3.01. The first kappa shape index (κ1) is 17.7. The summed E-state index contributed by atoms with van der Waals surface area (Å²) in [5.41, 5.74) is 3.39. The SMILES string of the molecule is Cc1sc2nc(C(C)(C)C)c(C=O)n2c1-c1ccc(OC(C)C)cc1. The lowest BCUT2D eigenvalue weighted by atomic mass is 9.91. The van der Waals surface area contributed by atoms with Gasteiger partial charge in [-0.05, 0) is 50.6 Å². The van der Waals surface area contributed by atoms with Gasteiger partial charge in [0, 0.05) is 10.3 Å². The van der Waals surface area contributed by atoms with E-state index in [4.69, 9.17) is 9.72 Å². The number of aldehydes is 1. The minimum atomic E-state index is -0.178. The number of aryl methyl sites for hydroxylation is 1. The molecule has 3 rings (SSSR count). The Labute approximate surface area is 152 Å². The molecule has 0 amide bonds. The van der Waals surface area contributed by atoms with Crippen LogP contribution in [0.2, 0.25) is 0 Å². The number of thiazole rings is 1. The normalized spacial score (nSPS) is 12.1. The predicted octanol–water partition coefficient (Wildman–Crippen LogP) is 5.27. The number of fused-ring (bicyclic) bond motifs is 1. The smallest absolute Gasteiger partial charge is 0.195 e. The number of hydrogen-bond acceptors (Lipinski definition) is 4. The summed E-state index contributed by atoms with van der Waals surface area (Å²) >= 11 is 1.62. The van der Waals surface area contributed by atoms with E-state index in [-0.39, 0.29) is 11.5 Å². The van der Waals surface area contributed by atoms with Crippen LogP contribution < -0.4 is 4.74 Å². The van der Waals surface area contributed by atoms with Crippen LogP contribution in [0, 0.1) is 6.92 Å². The topological polar surface area (TPSA) is 43.6 Å². The Morgan fingerprint density at radius 2 is 1.84 bits per heavy atom. The molecule has 0 aliphatic carbocycles. The minimum Gasteiger partial charge on any atom is -0.491 e. The number of imidazole rings is 1. The highest BCUT2D eigenvalue weighted by molar-refractivity contribution is 7.17. The van der Waals surface area contributed by atoms with Gasteiger partial charge in [0.25, 0.3) is 0 Å². The van der Waals surface area contributed by atoms with Crippen molar-refractivity contribution in [3.05, 3.63) is 40.5 Å². The fourth-order valence-electron chi connectivity index (χ4n) is 3.00. The number of hydrogen-bond donors (Lipinski definition) is 0. The van der Waals surface area contributed by atoms with Crippen molar-refractivity contribution in [3.8, 4) is 17.0 Å². The van der Waals surface area contributed by atoms with Crippen molar-refractivity contribution < 1.29 is 9.53 Å². The standard InChI is InChI=1S/C20H24N2O2S/c1-12(2)24-15-9-7-14(8-10-15)17-13(3)25-19-21-18(20(4,5)6)16(11-23)22(17)19/h7-12H,1-6H3. The van der Waals surface area contributed by atoms with Gasteiger partial charge in [-0.3, -0.25) is 9.20 Å². The van der Waals surface area contributed by atoms with Crippen molar-refractivity contribution in [1.82, 2.24) is 9.38 Å². The summed E-state index contributed by atoms with van der Waals surface area (Å²) in [4.78, 5) is 18.6. The maximum Gasteiger partial charge on any atom is 0.195 e. The van der Waals surface area contributed by atoms with Crippen molar-refractivity contribution in [1.29, 1.82) is 0 Å². The maximum atomic E-state index is 11.8. The van der Waals surface area contributed by atoms with Gasteiger partial charge in [-0.25, -0.2) is 4.98 Å². The van der Waals surface area contributed by atoms with Gasteiger partial charge in [0.15, 0.2) is 11.2 Å². The van der Waals surface area contributed by atoms with E-state index in [0.29, 0.717) is 5.69 Å². The Morgan fingerprint density at radius 3 is 2.36 bits per heavy atom. The van der Waals surface area contributed by atoms with Crippen molar-refractivity contribution in [2.24, 2.45) is 0 Å². The Morgan fingerprint density at radius 1 is 1.20 bits per heavy atom. The van der Waals surface area contributed by atoms with Crippen LogP contribution in [0.25, 0.3) is 16.2 Å². The quantitative estimate of drug-likeness (QED) is 0.598. The molecule has 25 heavy (non-hydrogen) atoms. The third-order valence-corrected chi connectivity index (χ3v) is 4.96. The molecular weight excluding hydrogens is 332 g/mol. The lowest BCUT2D eigenvalue weighted by molar-refractivity contribution is 0.111. The Kier molecular flexibility index (Phi) is 4.45. The second-order valence-corrected chi connectivity index (χ2v) is 8.71. The monoisotopic (exact) mass is 356 g/mol. The fourth-order valence-corrected chi connectivity index (χ4v) is 3.99. The molecule has 0 bridgehead atoms. The minimum absolute atomic E-state index is 0.144. The number of aromatic nitrogens is 2. The van der Waals surface area contributed by atoms with E-state index in [1.807, 2.05) is 42.5 Å². The summed E-state index contributed by atoms with van der Waals surface area (Å²) in [6.45, 7) is 12.3. The van der Waals surface area contributed by atoms with Crippen LogP contribution in [0.3, 0.4) is 0 Å². The molecule has 2 aromatic heterocycles. The van der Waals surface area contributed by atoms with Gasteiger partial charge in [-0.2, -0.15) is 0 Å². The fraction of sp³-hybridized carbons (Fsp3) is 0.400. The molecule has 0 atom stereocenters. The Balaban J connectivity index is 2.17. The van der Waals surface area contributed by atoms with Crippen molar-refractivity contribution >= 4 is 22.6 Å².